The molecule has 0 aliphatic heterocycles. The van der Waals surface area contributed by atoms with Crippen LogP contribution >= 0.6 is 0 Å². The van der Waals surface area contributed by atoms with Crippen LogP contribution in [0.5, 0.6) is 0 Å². The fraction of sp³-hybridized carbons (Fsp3) is 0.647. The van der Waals surface area contributed by atoms with Crippen LogP contribution in [0, 0.1) is 27.9 Å². The molecule has 0 unspecified atom stereocenters. The zero-order valence-corrected chi connectivity index (χ0v) is 12.3. The quantitative estimate of drug-likeness (QED) is 0.683. The molecular weight excluding hydrogens is 264 g/mol. The van der Waals surface area contributed by atoms with Gasteiger partial charge in [0.15, 0.2) is 0 Å². The number of hydrogen-bond acceptors (Lipinski definition) is 2. The van der Waals surface area contributed by atoms with Crippen LogP contribution < -0.4 is 5.32 Å². The molecule has 0 amide bonds. The highest BCUT2D eigenvalue weighted by Crippen LogP contribution is 2.54. The minimum Gasteiger partial charge on any atom is -0.338 e. The average Bonchev–Trinajstić information content (AvgIpc) is 2.44. The van der Waals surface area contributed by atoms with Gasteiger partial charge in [-0.25, -0.2) is 0 Å². The van der Waals surface area contributed by atoms with Gasteiger partial charge in [-0.1, -0.05) is 0 Å². The van der Waals surface area contributed by atoms with Crippen LogP contribution in [0.3, 0.4) is 0 Å². The smallest absolute Gasteiger partial charge is 0.269 e. The van der Waals surface area contributed by atoms with Gasteiger partial charge in [-0.15, -0.1) is 0 Å². The molecule has 112 valence electrons. The van der Waals surface area contributed by atoms with Crippen molar-refractivity contribution in [3.8, 4) is 0 Å². The summed E-state index contributed by atoms with van der Waals surface area (Å²) in [5.74, 6) is 2.93. The van der Waals surface area contributed by atoms with E-state index in [1.165, 1.54) is 44.1 Å². The van der Waals surface area contributed by atoms with Crippen molar-refractivity contribution in [2.24, 2.45) is 17.8 Å². The van der Waals surface area contributed by atoms with Crippen molar-refractivity contribution in [1.29, 1.82) is 0 Å². The number of quaternary nitrogens is 1. The highest BCUT2D eigenvalue weighted by Gasteiger charge is 2.53. The maximum absolute atomic E-state index is 10.7. The normalized spacial score (nSPS) is 36.9. The third kappa shape index (κ3) is 2.46. The zero-order valence-electron chi connectivity index (χ0n) is 12.3. The van der Waals surface area contributed by atoms with Crippen LogP contribution in [0.25, 0.3) is 0 Å². The van der Waals surface area contributed by atoms with Crippen LogP contribution in [0.4, 0.5) is 5.69 Å². The maximum Gasteiger partial charge on any atom is 0.269 e. The topological polar surface area (TPSA) is 59.8 Å². The highest BCUT2D eigenvalue weighted by molar-refractivity contribution is 5.32. The summed E-state index contributed by atoms with van der Waals surface area (Å²) in [6.45, 7) is 0.962. The van der Waals surface area contributed by atoms with E-state index in [1.807, 2.05) is 12.1 Å². The second-order valence-electron chi connectivity index (χ2n) is 7.61. The first kappa shape index (κ1) is 13.3. The Labute approximate surface area is 125 Å². The number of nitrogens with zero attached hydrogens (tertiary/aromatic N) is 1. The van der Waals surface area contributed by atoms with E-state index in [2.05, 4.69) is 5.32 Å². The van der Waals surface area contributed by atoms with Crippen molar-refractivity contribution >= 4 is 5.69 Å². The fourth-order valence-electron chi connectivity index (χ4n) is 5.52. The van der Waals surface area contributed by atoms with Gasteiger partial charge in [0.1, 0.15) is 6.54 Å². The zero-order chi connectivity index (χ0) is 14.4. The van der Waals surface area contributed by atoms with Crippen molar-refractivity contribution in [2.45, 2.75) is 50.6 Å². The second kappa shape index (κ2) is 4.80. The lowest BCUT2D eigenvalue weighted by atomic mass is 9.53. The van der Waals surface area contributed by atoms with E-state index in [0.717, 1.165) is 24.3 Å². The van der Waals surface area contributed by atoms with Crippen molar-refractivity contribution in [1.82, 2.24) is 0 Å². The predicted molar refractivity (Wildman–Crippen MR) is 79.6 cm³/mol. The summed E-state index contributed by atoms with van der Waals surface area (Å²) in [6.07, 6.45) is 8.61. The van der Waals surface area contributed by atoms with Gasteiger partial charge in [-0.05, 0) is 49.1 Å². The number of non-ortho nitro benzene ring substituents is 1. The molecule has 0 heterocycles. The lowest BCUT2D eigenvalue weighted by molar-refractivity contribution is -0.752. The summed E-state index contributed by atoms with van der Waals surface area (Å²) < 4.78 is 0. The fourth-order valence-corrected chi connectivity index (χ4v) is 5.52. The molecular formula is C17H23N2O2+. The van der Waals surface area contributed by atoms with Crippen LogP contribution in [-0.2, 0) is 6.54 Å². The van der Waals surface area contributed by atoms with Crippen molar-refractivity contribution in [2.75, 3.05) is 0 Å². The molecule has 4 bridgehead atoms. The molecule has 0 spiro atoms. The molecule has 4 aliphatic rings. The van der Waals surface area contributed by atoms with E-state index in [0.29, 0.717) is 5.54 Å². The molecule has 5 rings (SSSR count). The Morgan fingerprint density at radius 2 is 1.57 bits per heavy atom. The molecule has 0 saturated heterocycles. The van der Waals surface area contributed by atoms with Crippen molar-refractivity contribution in [3.63, 3.8) is 0 Å². The van der Waals surface area contributed by atoms with E-state index in [-0.39, 0.29) is 10.6 Å². The van der Waals surface area contributed by atoms with E-state index in [4.69, 9.17) is 0 Å². The van der Waals surface area contributed by atoms with Gasteiger partial charge in [0, 0.05) is 37.0 Å². The molecule has 21 heavy (non-hydrogen) atoms. The first-order valence-electron chi connectivity index (χ1n) is 8.20. The van der Waals surface area contributed by atoms with Gasteiger partial charge in [-0.2, -0.15) is 0 Å². The summed E-state index contributed by atoms with van der Waals surface area (Å²) in [7, 11) is 0. The van der Waals surface area contributed by atoms with Crippen molar-refractivity contribution in [3.05, 3.63) is 39.9 Å². The number of nitrogens with two attached hydrogens (primary N) is 1. The van der Waals surface area contributed by atoms with Crippen LogP contribution in [-0.4, -0.2) is 10.5 Å². The molecule has 4 aliphatic carbocycles. The summed E-state index contributed by atoms with van der Waals surface area (Å²) in [5, 5.41) is 13.3. The molecule has 0 atom stereocenters. The third-order valence-corrected chi connectivity index (χ3v) is 6.00. The maximum atomic E-state index is 10.7. The van der Waals surface area contributed by atoms with Crippen LogP contribution in [0.1, 0.15) is 44.1 Å². The second-order valence-corrected chi connectivity index (χ2v) is 7.61. The van der Waals surface area contributed by atoms with Gasteiger partial charge >= 0.3 is 0 Å². The first-order valence-corrected chi connectivity index (χ1v) is 8.20. The van der Waals surface area contributed by atoms with E-state index in [9.17, 15) is 10.1 Å². The minimum absolute atomic E-state index is 0.188. The Hall–Kier alpha value is -1.42. The Morgan fingerprint density at radius 3 is 2.05 bits per heavy atom. The molecule has 0 radical (unpaired) electrons. The van der Waals surface area contributed by atoms with E-state index < -0.39 is 0 Å². The molecule has 1 aromatic rings. The number of rotatable bonds is 4. The number of nitro groups is 1. The summed E-state index contributed by atoms with van der Waals surface area (Å²) in [5.41, 5.74) is 1.88. The Morgan fingerprint density at radius 1 is 1.05 bits per heavy atom. The monoisotopic (exact) mass is 287 g/mol. The Balaban J connectivity index is 1.43. The molecule has 4 heteroatoms. The summed E-state index contributed by atoms with van der Waals surface area (Å²) in [4.78, 5) is 10.4. The molecule has 0 aromatic heterocycles. The van der Waals surface area contributed by atoms with Gasteiger partial charge in [0.2, 0.25) is 0 Å². The Kier molecular flexibility index (Phi) is 3.03. The molecule has 4 saturated carbocycles. The molecule has 4 fully saturated rings. The first-order chi connectivity index (χ1) is 10.1. The van der Waals surface area contributed by atoms with Gasteiger partial charge in [-0.3, -0.25) is 10.1 Å². The molecule has 2 N–H and O–H groups in total. The SMILES string of the molecule is O=[N+]([O-])c1ccc(C[NH2+]C23CC4CC(CC(C4)C2)C3)cc1. The number of hydrogen-bond donors (Lipinski definition) is 1. The number of nitro benzene ring substituents is 1. The standard InChI is InChI=1S/C17H22N2O2/c20-19(21)16-3-1-12(2-4-16)11-18-17-8-13-5-14(9-17)7-15(6-13)10-17/h1-4,13-15,18H,5-11H2/p+1. The minimum atomic E-state index is -0.327. The average molecular weight is 287 g/mol. The largest absolute Gasteiger partial charge is 0.338 e. The van der Waals surface area contributed by atoms with Gasteiger partial charge in [0.25, 0.3) is 5.69 Å². The predicted octanol–water partition coefficient (Wildman–Crippen LogP) is 2.63. The lowest BCUT2D eigenvalue weighted by Gasteiger charge is -2.54. The summed E-state index contributed by atoms with van der Waals surface area (Å²) in [6, 6.07) is 7.08. The van der Waals surface area contributed by atoms with Crippen LogP contribution in [0.2, 0.25) is 0 Å². The van der Waals surface area contributed by atoms with Gasteiger partial charge < -0.3 is 5.32 Å². The highest BCUT2D eigenvalue weighted by atomic mass is 16.6. The number of benzene rings is 1. The van der Waals surface area contributed by atoms with Crippen LogP contribution in [0.15, 0.2) is 24.3 Å². The van der Waals surface area contributed by atoms with E-state index in [1.54, 1.807) is 12.1 Å². The van der Waals surface area contributed by atoms with Crippen molar-refractivity contribution < 1.29 is 10.2 Å². The third-order valence-electron chi connectivity index (χ3n) is 6.00. The van der Waals surface area contributed by atoms with E-state index >= 15 is 0 Å². The summed E-state index contributed by atoms with van der Waals surface area (Å²) >= 11 is 0. The Bertz CT molecular complexity index is 517. The molecule has 4 nitrogen and oxygen atoms in total. The molecule has 1 aromatic carbocycles. The van der Waals surface area contributed by atoms with Gasteiger partial charge in [0.05, 0.1) is 10.5 Å². The lowest BCUT2D eigenvalue weighted by Crippen LogP contribution is -2.97.